The molecular formula is C20H16ClN3O4. The molecule has 0 saturated heterocycles. The minimum atomic E-state index is -0.522. The van der Waals surface area contributed by atoms with E-state index in [0.717, 1.165) is 5.56 Å². The third kappa shape index (κ3) is 4.27. The molecule has 2 N–H and O–H groups in total. The van der Waals surface area contributed by atoms with Crippen molar-refractivity contribution < 1.29 is 14.3 Å². The van der Waals surface area contributed by atoms with Crippen molar-refractivity contribution in [3.8, 4) is 0 Å². The summed E-state index contributed by atoms with van der Waals surface area (Å²) in [4.78, 5) is 42.1. The summed E-state index contributed by atoms with van der Waals surface area (Å²) in [5.74, 6) is -0.510. The number of aromatic amines is 1. The van der Waals surface area contributed by atoms with Crippen LogP contribution < -0.4 is 10.9 Å². The summed E-state index contributed by atoms with van der Waals surface area (Å²) in [6, 6.07) is 11.5. The van der Waals surface area contributed by atoms with Crippen LogP contribution >= 0.6 is 11.6 Å². The van der Waals surface area contributed by atoms with Gasteiger partial charge in [-0.25, -0.2) is 9.78 Å². The molecule has 28 heavy (non-hydrogen) atoms. The van der Waals surface area contributed by atoms with Gasteiger partial charge in [0.05, 0.1) is 28.6 Å². The van der Waals surface area contributed by atoms with Crippen molar-refractivity contribution in [2.45, 2.75) is 6.92 Å². The first-order chi connectivity index (χ1) is 13.4. The average Bonchev–Trinajstić information content (AvgIpc) is 2.67. The van der Waals surface area contributed by atoms with E-state index >= 15 is 0 Å². The normalized spacial score (nSPS) is 11.3. The first kappa shape index (κ1) is 19.3. The lowest BCUT2D eigenvalue weighted by Crippen LogP contribution is -2.11. The van der Waals surface area contributed by atoms with Gasteiger partial charge in [-0.05, 0) is 42.0 Å². The summed E-state index contributed by atoms with van der Waals surface area (Å²) in [7, 11) is 1.28. The van der Waals surface area contributed by atoms with Crippen molar-refractivity contribution in [3.63, 3.8) is 0 Å². The van der Waals surface area contributed by atoms with E-state index in [-0.39, 0.29) is 27.9 Å². The number of anilines is 1. The third-order valence-electron chi connectivity index (χ3n) is 3.88. The van der Waals surface area contributed by atoms with Crippen LogP contribution in [0.15, 0.2) is 47.3 Å². The Balaban J connectivity index is 1.97. The van der Waals surface area contributed by atoms with Crippen molar-refractivity contribution in [3.05, 3.63) is 69.8 Å². The van der Waals surface area contributed by atoms with Gasteiger partial charge in [0.2, 0.25) is 5.91 Å². The number of aromatic nitrogens is 2. The van der Waals surface area contributed by atoms with Gasteiger partial charge in [0, 0.05) is 12.6 Å². The van der Waals surface area contributed by atoms with Crippen LogP contribution in [0, 0.1) is 0 Å². The van der Waals surface area contributed by atoms with Crippen LogP contribution in [0.4, 0.5) is 5.69 Å². The van der Waals surface area contributed by atoms with E-state index < -0.39 is 5.97 Å². The number of rotatable bonds is 4. The Morgan fingerprint density at radius 3 is 2.54 bits per heavy atom. The number of hydrogen-bond donors (Lipinski definition) is 2. The fraction of sp³-hybridized carbons (Fsp3) is 0.100. The quantitative estimate of drug-likeness (QED) is 0.657. The van der Waals surface area contributed by atoms with Gasteiger partial charge in [0.25, 0.3) is 5.56 Å². The van der Waals surface area contributed by atoms with Gasteiger partial charge in [-0.1, -0.05) is 23.7 Å². The molecule has 0 aliphatic rings. The second-order valence-electron chi connectivity index (χ2n) is 5.93. The Hall–Kier alpha value is -3.45. The summed E-state index contributed by atoms with van der Waals surface area (Å²) in [5, 5.41) is 3.22. The van der Waals surface area contributed by atoms with Gasteiger partial charge < -0.3 is 15.0 Å². The Morgan fingerprint density at radius 2 is 1.89 bits per heavy atom. The molecule has 7 nitrogen and oxygen atoms in total. The van der Waals surface area contributed by atoms with E-state index in [1.807, 2.05) is 0 Å². The monoisotopic (exact) mass is 397 g/mol. The number of nitrogens with zero attached hydrogens (tertiary/aromatic N) is 1. The maximum Gasteiger partial charge on any atom is 0.337 e. The number of methoxy groups -OCH3 is 1. The summed E-state index contributed by atoms with van der Waals surface area (Å²) in [6.07, 6.45) is 1.63. The molecular weight excluding hydrogens is 382 g/mol. The molecule has 8 heteroatoms. The number of ether oxygens (including phenoxy) is 1. The number of nitrogens with one attached hydrogen (secondary N) is 2. The lowest BCUT2D eigenvalue weighted by Gasteiger charge is -2.05. The van der Waals surface area contributed by atoms with Gasteiger partial charge >= 0.3 is 5.97 Å². The molecule has 1 heterocycles. The highest BCUT2D eigenvalue weighted by Crippen LogP contribution is 2.21. The van der Waals surface area contributed by atoms with Crippen LogP contribution in [-0.4, -0.2) is 29.0 Å². The Morgan fingerprint density at radius 1 is 1.18 bits per heavy atom. The summed E-state index contributed by atoms with van der Waals surface area (Å²) < 4.78 is 4.69. The van der Waals surface area contributed by atoms with E-state index in [9.17, 15) is 14.4 Å². The number of benzene rings is 2. The van der Waals surface area contributed by atoms with Gasteiger partial charge in [0.1, 0.15) is 0 Å². The molecule has 3 rings (SSSR count). The molecule has 3 aromatic rings. The number of carbonyl (C=O) groups excluding carboxylic acids is 2. The van der Waals surface area contributed by atoms with Crippen LogP contribution in [0.2, 0.25) is 0 Å². The minimum absolute atomic E-state index is 0.161. The van der Waals surface area contributed by atoms with E-state index in [1.54, 1.807) is 30.3 Å². The number of H-pyrrole nitrogens is 1. The van der Waals surface area contributed by atoms with E-state index in [1.165, 1.54) is 32.2 Å². The van der Waals surface area contributed by atoms with Gasteiger partial charge in [-0.2, -0.15) is 0 Å². The molecule has 0 radical (unpaired) electrons. The molecule has 0 unspecified atom stereocenters. The Kier molecular flexibility index (Phi) is 5.56. The molecule has 0 aliphatic heterocycles. The van der Waals surface area contributed by atoms with Gasteiger partial charge in [0.15, 0.2) is 5.82 Å². The average molecular weight is 398 g/mol. The number of halogens is 1. The summed E-state index contributed by atoms with van der Waals surface area (Å²) in [6.45, 7) is 1.43. The van der Waals surface area contributed by atoms with Crippen LogP contribution in [-0.2, 0) is 9.53 Å². The van der Waals surface area contributed by atoms with Crippen LogP contribution in [0.1, 0.15) is 28.7 Å². The van der Waals surface area contributed by atoms with Crippen LogP contribution in [0.25, 0.3) is 22.0 Å². The zero-order valence-electron chi connectivity index (χ0n) is 15.1. The molecule has 1 amide bonds. The fourth-order valence-electron chi connectivity index (χ4n) is 2.58. The molecule has 0 spiro atoms. The third-order valence-corrected chi connectivity index (χ3v) is 4.17. The molecule has 0 bridgehead atoms. The van der Waals surface area contributed by atoms with Gasteiger partial charge in [-0.3, -0.25) is 9.59 Å². The topological polar surface area (TPSA) is 101 Å². The van der Waals surface area contributed by atoms with Crippen LogP contribution in [0.5, 0.6) is 0 Å². The highest BCUT2D eigenvalue weighted by molar-refractivity contribution is 6.50. The second-order valence-corrected chi connectivity index (χ2v) is 6.34. The van der Waals surface area contributed by atoms with Gasteiger partial charge in [-0.15, -0.1) is 0 Å². The molecule has 1 aromatic heterocycles. The Labute approximate surface area is 165 Å². The second kappa shape index (κ2) is 8.06. The number of hydrogen-bond acceptors (Lipinski definition) is 5. The minimum Gasteiger partial charge on any atom is -0.465 e. The SMILES string of the molecule is COC(=O)c1ccc2c(=O)[nH]c(/C(Cl)=C/c3ccc(NC(C)=O)cc3)nc2c1. The predicted molar refractivity (Wildman–Crippen MR) is 108 cm³/mol. The smallest absolute Gasteiger partial charge is 0.337 e. The number of fused-ring (bicyclic) bond motifs is 1. The Bertz CT molecular complexity index is 1150. The summed E-state index contributed by atoms with van der Waals surface area (Å²) in [5.41, 5.74) is 1.66. The molecule has 0 saturated carbocycles. The van der Waals surface area contributed by atoms with Crippen molar-refractivity contribution >= 4 is 51.2 Å². The first-order valence-electron chi connectivity index (χ1n) is 8.25. The molecule has 0 fully saturated rings. The first-order valence-corrected chi connectivity index (χ1v) is 8.63. The number of amides is 1. The standard InChI is InChI=1S/C20H16ClN3O4/c1-11(25)22-14-6-3-12(4-7-14)9-16(21)18-23-17-10-13(20(27)28-2)5-8-15(17)19(26)24-18/h3-10H,1-2H3,(H,22,25)(H,23,24,26)/b16-9-. The largest absolute Gasteiger partial charge is 0.465 e. The van der Waals surface area contributed by atoms with E-state index in [2.05, 4.69) is 20.0 Å². The lowest BCUT2D eigenvalue weighted by molar-refractivity contribution is -0.114. The van der Waals surface area contributed by atoms with Crippen molar-refractivity contribution in [1.29, 1.82) is 0 Å². The molecule has 0 aliphatic carbocycles. The lowest BCUT2D eigenvalue weighted by atomic mass is 10.1. The maximum absolute atomic E-state index is 12.3. The number of esters is 1. The molecule has 0 atom stereocenters. The zero-order chi connectivity index (χ0) is 20.3. The summed E-state index contributed by atoms with van der Waals surface area (Å²) >= 11 is 6.33. The van der Waals surface area contributed by atoms with E-state index in [4.69, 9.17) is 11.6 Å². The zero-order valence-corrected chi connectivity index (χ0v) is 15.8. The fourth-order valence-corrected chi connectivity index (χ4v) is 2.79. The van der Waals surface area contributed by atoms with Crippen molar-refractivity contribution in [1.82, 2.24) is 9.97 Å². The molecule has 142 valence electrons. The maximum atomic E-state index is 12.3. The van der Waals surface area contributed by atoms with Crippen LogP contribution in [0.3, 0.4) is 0 Å². The van der Waals surface area contributed by atoms with Crippen molar-refractivity contribution in [2.24, 2.45) is 0 Å². The molecule has 2 aromatic carbocycles. The number of carbonyl (C=O) groups is 2. The highest BCUT2D eigenvalue weighted by Gasteiger charge is 2.11. The van der Waals surface area contributed by atoms with E-state index in [0.29, 0.717) is 16.6 Å². The predicted octanol–water partition coefficient (Wildman–Crippen LogP) is 3.41. The highest BCUT2D eigenvalue weighted by atomic mass is 35.5. The van der Waals surface area contributed by atoms with Crippen molar-refractivity contribution in [2.75, 3.05) is 12.4 Å².